The number of alkyl halides is 3. The van der Waals surface area contributed by atoms with Gasteiger partial charge in [-0.1, -0.05) is 34.8 Å². The Morgan fingerprint density at radius 2 is 1.76 bits per heavy atom. The number of halogens is 6. The lowest BCUT2D eigenvalue weighted by Crippen LogP contribution is -2.13. The van der Waals surface area contributed by atoms with Gasteiger partial charge < -0.3 is 14.5 Å². The molecule has 0 fully saturated rings. The minimum Gasteiger partial charge on any atom is -0.484 e. The molecular weight excluding hydrogens is 454 g/mol. The highest BCUT2D eigenvalue weighted by atomic mass is 35.5. The molecule has 4 nitrogen and oxygen atoms in total. The number of hydrogen-bond donors (Lipinski definition) is 1. The molecule has 152 valence electrons. The van der Waals surface area contributed by atoms with E-state index in [1.807, 2.05) is 0 Å². The van der Waals surface area contributed by atoms with Crippen LogP contribution in [0, 0.1) is 0 Å². The molecule has 0 saturated heterocycles. The summed E-state index contributed by atoms with van der Waals surface area (Å²) in [6.45, 7) is -0.0200. The molecule has 0 radical (unpaired) electrons. The van der Waals surface area contributed by atoms with Crippen molar-refractivity contribution in [2.75, 3.05) is 5.32 Å². The van der Waals surface area contributed by atoms with E-state index >= 15 is 0 Å². The number of benzene rings is 2. The number of amides is 1. The first-order valence-corrected chi connectivity index (χ1v) is 9.11. The van der Waals surface area contributed by atoms with Crippen molar-refractivity contribution in [2.24, 2.45) is 0 Å². The van der Waals surface area contributed by atoms with E-state index in [4.69, 9.17) is 44.0 Å². The van der Waals surface area contributed by atoms with Gasteiger partial charge in [-0.05, 0) is 48.5 Å². The van der Waals surface area contributed by atoms with Gasteiger partial charge in [-0.3, -0.25) is 4.79 Å². The molecule has 0 saturated carbocycles. The summed E-state index contributed by atoms with van der Waals surface area (Å²) in [6.07, 6.45) is -4.64. The number of ether oxygens (including phenoxy) is 1. The molecule has 0 atom stereocenters. The average molecular weight is 465 g/mol. The van der Waals surface area contributed by atoms with Crippen molar-refractivity contribution in [1.29, 1.82) is 0 Å². The van der Waals surface area contributed by atoms with Crippen LogP contribution >= 0.6 is 34.8 Å². The summed E-state index contributed by atoms with van der Waals surface area (Å²) in [4.78, 5) is 12.2. The highest BCUT2D eigenvalue weighted by Gasteiger charge is 2.33. The lowest BCUT2D eigenvalue weighted by atomic mass is 10.2. The van der Waals surface area contributed by atoms with E-state index in [1.54, 1.807) is 12.1 Å². The van der Waals surface area contributed by atoms with Gasteiger partial charge >= 0.3 is 6.18 Å². The van der Waals surface area contributed by atoms with Crippen LogP contribution in [0.3, 0.4) is 0 Å². The van der Waals surface area contributed by atoms with Gasteiger partial charge in [-0.25, -0.2) is 0 Å². The van der Waals surface area contributed by atoms with Crippen LogP contribution in [0.4, 0.5) is 18.9 Å². The fourth-order valence-corrected chi connectivity index (χ4v) is 3.02. The lowest BCUT2D eigenvalue weighted by molar-refractivity contribution is -0.137. The molecule has 1 aromatic heterocycles. The SMILES string of the molecule is O=C(Nc1ccc(Cl)c(C(F)(F)F)c1)c1ccc(COc2ccc(Cl)cc2Cl)o1. The molecule has 0 aliphatic rings. The van der Waals surface area contributed by atoms with Crippen molar-refractivity contribution in [3.8, 4) is 5.75 Å². The van der Waals surface area contributed by atoms with Gasteiger partial charge in [0.15, 0.2) is 5.76 Å². The molecule has 0 aliphatic heterocycles. The third-order valence-electron chi connectivity index (χ3n) is 3.68. The largest absolute Gasteiger partial charge is 0.484 e. The van der Waals surface area contributed by atoms with Crippen LogP contribution < -0.4 is 10.1 Å². The first kappa shape index (κ1) is 21.4. The number of carbonyl (C=O) groups is 1. The number of carbonyl (C=O) groups excluding carboxylic acids is 1. The molecule has 3 aromatic rings. The van der Waals surface area contributed by atoms with Crippen LogP contribution in [-0.2, 0) is 12.8 Å². The van der Waals surface area contributed by atoms with Gasteiger partial charge in [-0.2, -0.15) is 13.2 Å². The lowest BCUT2D eigenvalue weighted by Gasteiger charge is -2.11. The molecule has 10 heteroatoms. The third kappa shape index (κ3) is 5.38. The van der Waals surface area contributed by atoms with Crippen LogP contribution in [0.2, 0.25) is 15.1 Å². The summed E-state index contributed by atoms with van der Waals surface area (Å²) < 4.78 is 49.6. The van der Waals surface area contributed by atoms with E-state index in [0.29, 0.717) is 21.6 Å². The molecule has 3 rings (SSSR count). The van der Waals surface area contributed by atoms with E-state index in [-0.39, 0.29) is 18.1 Å². The number of furan rings is 1. The smallest absolute Gasteiger partial charge is 0.417 e. The van der Waals surface area contributed by atoms with Gasteiger partial charge in [0.1, 0.15) is 18.1 Å². The molecule has 1 amide bonds. The summed E-state index contributed by atoms with van der Waals surface area (Å²) in [5.41, 5.74) is -1.13. The Hall–Kier alpha value is -2.35. The fourth-order valence-electron chi connectivity index (χ4n) is 2.33. The highest BCUT2D eigenvalue weighted by Crippen LogP contribution is 2.36. The molecule has 1 heterocycles. The summed E-state index contributed by atoms with van der Waals surface area (Å²) in [7, 11) is 0. The number of nitrogens with one attached hydrogen (secondary N) is 1. The van der Waals surface area contributed by atoms with Gasteiger partial charge in [0, 0.05) is 10.7 Å². The number of rotatable bonds is 5. The van der Waals surface area contributed by atoms with Crippen molar-refractivity contribution in [3.05, 3.63) is 80.7 Å². The predicted octanol–water partition coefficient (Wildman–Crippen LogP) is 7.09. The van der Waals surface area contributed by atoms with Gasteiger partial charge in [0.05, 0.1) is 15.6 Å². The first-order chi connectivity index (χ1) is 13.6. The number of hydrogen-bond acceptors (Lipinski definition) is 3. The topological polar surface area (TPSA) is 51.5 Å². The van der Waals surface area contributed by atoms with E-state index in [9.17, 15) is 18.0 Å². The second-order valence-electron chi connectivity index (χ2n) is 5.78. The molecule has 0 unspecified atom stereocenters. The summed E-state index contributed by atoms with van der Waals surface area (Å²) in [6, 6.07) is 10.6. The van der Waals surface area contributed by atoms with Gasteiger partial charge in [0.2, 0.25) is 0 Å². The van der Waals surface area contributed by atoms with E-state index in [0.717, 1.165) is 12.1 Å². The molecular formula is C19H11Cl3F3NO3. The zero-order chi connectivity index (χ0) is 21.2. The van der Waals surface area contributed by atoms with Crippen LogP contribution in [0.15, 0.2) is 52.9 Å². The minimum atomic E-state index is -4.64. The normalized spacial score (nSPS) is 11.4. The maximum absolute atomic E-state index is 12.9. The Morgan fingerprint density at radius 3 is 2.45 bits per heavy atom. The van der Waals surface area contributed by atoms with Gasteiger partial charge in [-0.15, -0.1) is 0 Å². The van der Waals surface area contributed by atoms with Crippen LogP contribution in [0.1, 0.15) is 21.9 Å². The summed E-state index contributed by atoms with van der Waals surface area (Å²) in [5.74, 6) is -0.141. The van der Waals surface area contributed by atoms with Crippen LogP contribution in [-0.4, -0.2) is 5.91 Å². The Balaban J connectivity index is 1.66. The maximum Gasteiger partial charge on any atom is 0.417 e. The molecule has 0 spiro atoms. The molecule has 0 bridgehead atoms. The first-order valence-electron chi connectivity index (χ1n) is 7.98. The second-order valence-corrected chi connectivity index (χ2v) is 7.03. The van der Waals surface area contributed by atoms with Crippen molar-refractivity contribution < 1.29 is 27.1 Å². The molecule has 1 N–H and O–H groups in total. The zero-order valence-corrected chi connectivity index (χ0v) is 16.6. The Morgan fingerprint density at radius 1 is 1.00 bits per heavy atom. The van der Waals surface area contributed by atoms with Crippen LogP contribution in [0.25, 0.3) is 0 Å². The Labute approximate surface area is 178 Å². The quantitative estimate of drug-likeness (QED) is 0.438. The standard InChI is InChI=1S/C19H11Cl3F3NO3/c20-10-1-5-16(15(22)7-10)28-9-12-3-6-17(29-12)18(27)26-11-2-4-14(21)13(8-11)19(23,24)25/h1-8H,9H2,(H,26,27). The Bertz CT molecular complexity index is 1050. The van der Waals surface area contributed by atoms with Crippen molar-refractivity contribution in [2.45, 2.75) is 12.8 Å². The third-order valence-corrected chi connectivity index (χ3v) is 4.54. The molecule has 29 heavy (non-hydrogen) atoms. The van der Waals surface area contributed by atoms with Gasteiger partial charge in [0.25, 0.3) is 5.91 Å². The zero-order valence-electron chi connectivity index (χ0n) is 14.3. The molecule has 2 aromatic carbocycles. The Kier molecular flexibility index (Phi) is 6.31. The average Bonchev–Trinajstić information content (AvgIpc) is 3.11. The van der Waals surface area contributed by atoms with Crippen LogP contribution in [0.5, 0.6) is 5.75 Å². The minimum absolute atomic E-state index is 0.0200. The van der Waals surface area contributed by atoms with Crippen molar-refractivity contribution in [3.63, 3.8) is 0 Å². The van der Waals surface area contributed by atoms with Crippen molar-refractivity contribution in [1.82, 2.24) is 0 Å². The monoisotopic (exact) mass is 463 g/mol. The van der Waals surface area contributed by atoms with E-state index < -0.39 is 22.7 Å². The second kappa shape index (κ2) is 8.57. The predicted molar refractivity (Wildman–Crippen MR) is 104 cm³/mol. The van der Waals surface area contributed by atoms with E-state index in [1.165, 1.54) is 24.3 Å². The highest BCUT2D eigenvalue weighted by molar-refractivity contribution is 6.35. The fraction of sp³-hybridized carbons (Fsp3) is 0.105. The van der Waals surface area contributed by atoms with Crippen molar-refractivity contribution >= 4 is 46.4 Å². The summed E-state index contributed by atoms with van der Waals surface area (Å²) in [5, 5.41) is 2.63. The maximum atomic E-state index is 12.9. The summed E-state index contributed by atoms with van der Waals surface area (Å²) >= 11 is 17.4. The molecule has 0 aliphatic carbocycles. The number of anilines is 1. The van der Waals surface area contributed by atoms with E-state index in [2.05, 4.69) is 5.32 Å².